The molecule has 1 nitrogen and oxygen atoms in total. The van der Waals surface area contributed by atoms with Gasteiger partial charge in [-0.15, -0.1) is 0 Å². The molecular weight excluding hydrogens is 241 g/mol. The van der Waals surface area contributed by atoms with Gasteiger partial charge in [0.05, 0.1) is 11.7 Å². The maximum absolute atomic E-state index is 12.4. The molecule has 2 unspecified atom stereocenters. The second-order valence-electron chi connectivity index (χ2n) is 5.77. The minimum Gasteiger partial charge on any atom is -0.392 e. The Hall–Kier alpha value is -1.03. The summed E-state index contributed by atoms with van der Waals surface area (Å²) in [5.41, 5.74) is 0.274. The minimum absolute atomic E-state index is 0.172. The topological polar surface area (TPSA) is 20.2 Å². The van der Waals surface area contributed by atoms with Crippen molar-refractivity contribution in [2.45, 2.75) is 39.0 Å². The largest absolute Gasteiger partial charge is 0.416 e. The molecule has 1 saturated carbocycles. The molecule has 0 spiro atoms. The van der Waals surface area contributed by atoms with Crippen LogP contribution in [-0.2, 0) is 12.6 Å². The predicted octanol–water partition coefficient (Wildman–Crippen LogP) is 3.65. The van der Waals surface area contributed by atoms with Crippen LogP contribution >= 0.6 is 0 Å². The molecule has 0 saturated heterocycles. The zero-order chi connectivity index (χ0) is 13.6. The fourth-order valence-electron chi connectivity index (χ4n) is 2.38. The van der Waals surface area contributed by atoms with E-state index in [0.717, 1.165) is 24.1 Å². The number of benzene rings is 1. The average molecular weight is 258 g/mol. The van der Waals surface area contributed by atoms with Crippen LogP contribution in [0.5, 0.6) is 0 Å². The van der Waals surface area contributed by atoms with Gasteiger partial charge in [-0.05, 0) is 41.9 Å². The van der Waals surface area contributed by atoms with Crippen molar-refractivity contribution in [3.05, 3.63) is 35.4 Å². The average Bonchev–Trinajstić information content (AvgIpc) is 2.87. The number of halogens is 3. The van der Waals surface area contributed by atoms with Crippen LogP contribution in [0.3, 0.4) is 0 Å². The first-order valence-electron chi connectivity index (χ1n) is 6.04. The molecule has 100 valence electrons. The van der Waals surface area contributed by atoms with Crippen molar-refractivity contribution < 1.29 is 18.3 Å². The lowest BCUT2D eigenvalue weighted by atomic mass is 9.99. The highest BCUT2D eigenvalue weighted by Crippen LogP contribution is 2.54. The Bertz CT molecular complexity index is 420. The SMILES string of the molecule is CC1(C)CC1C(O)Cc1ccc(C(F)(F)F)cc1. The fraction of sp³-hybridized carbons (Fsp3) is 0.571. The summed E-state index contributed by atoms with van der Waals surface area (Å²) in [6.07, 6.45) is -3.35. The normalized spacial score (nSPS) is 23.8. The summed E-state index contributed by atoms with van der Waals surface area (Å²) in [4.78, 5) is 0. The molecule has 18 heavy (non-hydrogen) atoms. The van der Waals surface area contributed by atoms with Gasteiger partial charge in [0, 0.05) is 0 Å². The number of alkyl halides is 3. The van der Waals surface area contributed by atoms with E-state index in [9.17, 15) is 18.3 Å². The molecule has 1 aromatic carbocycles. The molecule has 1 aliphatic rings. The molecular formula is C14H17F3O. The first kappa shape index (κ1) is 13.4. The van der Waals surface area contributed by atoms with Gasteiger partial charge >= 0.3 is 6.18 Å². The smallest absolute Gasteiger partial charge is 0.392 e. The van der Waals surface area contributed by atoms with E-state index in [0.29, 0.717) is 6.42 Å². The first-order valence-corrected chi connectivity index (χ1v) is 6.04. The van der Waals surface area contributed by atoms with Crippen LogP contribution in [-0.4, -0.2) is 11.2 Å². The Balaban J connectivity index is 1.99. The Labute approximate surface area is 105 Å². The zero-order valence-electron chi connectivity index (χ0n) is 10.5. The molecule has 0 heterocycles. The highest BCUT2D eigenvalue weighted by atomic mass is 19.4. The van der Waals surface area contributed by atoms with Crippen molar-refractivity contribution in [1.29, 1.82) is 0 Å². The summed E-state index contributed by atoms with van der Waals surface area (Å²) in [5.74, 6) is 0.264. The van der Waals surface area contributed by atoms with Crippen molar-refractivity contribution >= 4 is 0 Å². The van der Waals surface area contributed by atoms with E-state index in [1.165, 1.54) is 12.1 Å². The number of aliphatic hydroxyl groups excluding tert-OH is 1. The first-order chi connectivity index (χ1) is 8.20. The quantitative estimate of drug-likeness (QED) is 0.877. The second-order valence-corrected chi connectivity index (χ2v) is 5.77. The summed E-state index contributed by atoms with van der Waals surface area (Å²) in [6.45, 7) is 4.18. The lowest BCUT2D eigenvalue weighted by Crippen LogP contribution is -2.16. The monoisotopic (exact) mass is 258 g/mol. The molecule has 0 aromatic heterocycles. The maximum atomic E-state index is 12.4. The Kier molecular flexibility index (Phi) is 3.18. The molecule has 1 N–H and O–H groups in total. The van der Waals surface area contributed by atoms with Gasteiger partial charge in [0.2, 0.25) is 0 Å². The molecule has 1 fully saturated rings. The van der Waals surface area contributed by atoms with E-state index >= 15 is 0 Å². The highest BCUT2D eigenvalue weighted by Gasteiger charge is 2.49. The van der Waals surface area contributed by atoms with Gasteiger partial charge in [-0.2, -0.15) is 13.2 Å². The molecule has 2 atom stereocenters. The Morgan fingerprint density at radius 2 is 1.78 bits per heavy atom. The van der Waals surface area contributed by atoms with E-state index in [4.69, 9.17) is 0 Å². The van der Waals surface area contributed by atoms with Crippen molar-refractivity contribution in [2.24, 2.45) is 11.3 Å². The van der Waals surface area contributed by atoms with Crippen LogP contribution in [0.25, 0.3) is 0 Å². The molecule has 0 aliphatic heterocycles. The molecule has 1 aliphatic carbocycles. The lowest BCUT2D eigenvalue weighted by Gasteiger charge is -2.13. The molecule has 0 radical (unpaired) electrons. The second kappa shape index (κ2) is 4.26. The standard InChI is InChI=1S/C14H17F3O/c1-13(2)8-11(13)12(18)7-9-3-5-10(6-4-9)14(15,16)17/h3-6,11-12,18H,7-8H2,1-2H3. The summed E-state index contributed by atoms with van der Waals surface area (Å²) in [7, 11) is 0. The van der Waals surface area contributed by atoms with Gasteiger partial charge in [0.1, 0.15) is 0 Å². The van der Waals surface area contributed by atoms with E-state index in [1.54, 1.807) is 0 Å². The van der Waals surface area contributed by atoms with Gasteiger partial charge in [0.15, 0.2) is 0 Å². The number of hydrogen-bond acceptors (Lipinski definition) is 1. The van der Waals surface area contributed by atoms with Crippen LogP contribution in [0, 0.1) is 11.3 Å². The van der Waals surface area contributed by atoms with Crippen LogP contribution in [0.4, 0.5) is 13.2 Å². The van der Waals surface area contributed by atoms with Crippen molar-refractivity contribution in [3.63, 3.8) is 0 Å². The van der Waals surface area contributed by atoms with E-state index < -0.39 is 17.8 Å². The van der Waals surface area contributed by atoms with Crippen LogP contribution in [0.15, 0.2) is 24.3 Å². The van der Waals surface area contributed by atoms with Crippen LogP contribution in [0.1, 0.15) is 31.4 Å². The zero-order valence-corrected chi connectivity index (χ0v) is 10.5. The Morgan fingerprint density at radius 3 is 2.17 bits per heavy atom. The molecule has 4 heteroatoms. The summed E-state index contributed by atoms with van der Waals surface area (Å²) in [5, 5.41) is 9.98. The predicted molar refractivity (Wildman–Crippen MR) is 63.0 cm³/mol. The lowest BCUT2D eigenvalue weighted by molar-refractivity contribution is -0.137. The Morgan fingerprint density at radius 1 is 1.28 bits per heavy atom. The fourth-order valence-corrected chi connectivity index (χ4v) is 2.38. The maximum Gasteiger partial charge on any atom is 0.416 e. The van der Waals surface area contributed by atoms with Crippen molar-refractivity contribution in [1.82, 2.24) is 0 Å². The van der Waals surface area contributed by atoms with Gasteiger partial charge in [-0.3, -0.25) is 0 Å². The number of hydrogen-bond donors (Lipinski definition) is 1. The van der Waals surface area contributed by atoms with E-state index in [1.807, 2.05) is 0 Å². The molecule has 0 bridgehead atoms. The van der Waals surface area contributed by atoms with Crippen LogP contribution < -0.4 is 0 Å². The third-order valence-corrected chi connectivity index (χ3v) is 3.78. The van der Waals surface area contributed by atoms with E-state index in [2.05, 4.69) is 13.8 Å². The molecule has 1 aromatic rings. The third-order valence-electron chi connectivity index (χ3n) is 3.78. The third kappa shape index (κ3) is 2.86. The van der Waals surface area contributed by atoms with Gasteiger partial charge in [0.25, 0.3) is 0 Å². The summed E-state index contributed by atoms with van der Waals surface area (Å²) >= 11 is 0. The van der Waals surface area contributed by atoms with Gasteiger partial charge < -0.3 is 5.11 Å². The van der Waals surface area contributed by atoms with E-state index in [-0.39, 0.29) is 11.3 Å². The van der Waals surface area contributed by atoms with Gasteiger partial charge in [-0.1, -0.05) is 26.0 Å². The van der Waals surface area contributed by atoms with Crippen molar-refractivity contribution in [2.75, 3.05) is 0 Å². The minimum atomic E-state index is -4.30. The number of aliphatic hydroxyl groups is 1. The summed E-state index contributed by atoms with van der Waals surface area (Å²) < 4.78 is 37.1. The van der Waals surface area contributed by atoms with Gasteiger partial charge in [-0.25, -0.2) is 0 Å². The molecule has 2 rings (SSSR count). The van der Waals surface area contributed by atoms with Crippen molar-refractivity contribution in [3.8, 4) is 0 Å². The highest BCUT2D eigenvalue weighted by molar-refractivity contribution is 5.25. The summed E-state index contributed by atoms with van der Waals surface area (Å²) in [6, 6.07) is 5.03. The molecule has 0 amide bonds. The number of rotatable bonds is 3. The van der Waals surface area contributed by atoms with Crippen LogP contribution in [0.2, 0.25) is 0 Å².